The summed E-state index contributed by atoms with van der Waals surface area (Å²) in [5.74, 6) is 1.03. The SMILES string of the molecule is CS(=O)(=O)N(Cc1cc(Cl)c2c(c1)OCCO2)c1cccc(Br)c1. The van der Waals surface area contributed by atoms with Gasteiger partial charge in [0.2, 0.25) is 10.0 Å². The fourth-order valence-electron chi connectivity index (χ4n) is 2.45. The van der Waals surface area contributed by atoms with Gasteiger partial charge >= 0.3 is 0 Å². The van der Waals surface area contributed by atoms with Crippen molar-refractivity contribution in [3.05, 3.63) is 51.5 Å². The molecule has 1 heterocycles. The standard InChI is InChI=1S/C16H15BrClNO4S/c1-24(20,21)19(13-4-2-3-12(17)9-13)10-11-7-14(18)16-15(8-11)22-5-6-23-16/h2-4,7-9H,5-6,10H2,1H3. The molecule has 128 valence electrons. The smallest absolute Gasteiger partial charge is 0.232 e. The second-order valence-corrected chi connectivity index (χ2v) is 8.58. The van der Waals surface area contributed by atoms with Gasteiger partial charge in [-0.1, -0.05) is 33.6 Å². The molecule has 0 bridgehead atoms. The summed E-state index contributed by atoms with van der Waals surface area (Å²) in [5, 5.41) is 0.407. The molecule has 0 unspecified atom stereocenters. The van der Waals surface area contributed by atoms with Crippen LogP contribution in [0.25, 0.3) is 0 Å². The van der Waals surface area contributed by atoms with E-state index in [1.165, 1.54) is 10.6 Å². The molecule has 0 spiro atoms. The van der Waals surface area contributed by atoms with E-state index in [0.717, 1.165) is 10.0 Å². The number of nitrogens with zero attached hydrogens (tertiary/aromatic N) is 1. The maximum absolute atomic E-state index is 12.2. The minimum absolute atomic E-state index is 0.144. The molecule has 0 N–H and O–H groups in total. The van der Waals surface area contributed by atoms with E-state index in [9.17, 15) is 8.42 Å². The van der Waals surface area contributed by atoms with Gasteiger partial charge in [0.05, 0.1) is 23.5 Å². The molecule has 3 rings (SSSR count). The molecular weight excluding hydrogens is 418 g/mol. The van der Waals surface area contributed by atoms with Gasteiger partial charge in [-0.2, -0.15) is 0 Å². The van der Waals surface area contributed by atoms with Crippen molar-refractivity contribution in [2.45, 2.75) is 6.54 Å². The highest BCUT2D eigenvalue weighted by atomic mass is 79.9. The van der Waals surface area contributed by atoms with E-state index in [1.807, 2.05) is 6.07 Å². The van der Waals surface area contributed by atoms with Crippen molar-refractivity contribution >= 4 is 43.2 Å². The number of hydrogen-bond acceptors (Lipinski definition) is 4. The molecule has 0 atom stereocenters. The molecule has 1 aliphatic heterocycles. The van der Waals surface area contributed by atoms with Crippen LogP contribution in [-0.2, 0) is 16.6 Å². The van der Waals surface area contributed by atoms with Crippen LogP contribution in [0.1, 0.15) is 5.56 Å². The molecule has 0 saturated carbocycles. The van der Waals surface area contributed by atoms with E-state index >= 15 is 0 Å². The monoisotopic (exact) mass is 431 g/mol. The Morgan fingerprint density at radius 2 is 1.96 bits per heavy atom. The van der Waals surface area contributed by atoms with Crippen LogP contribution in [0.3, 0.4) is 0 Å². The molecule has 0 radical (unpaired) electrons. The van der Waals surface area contributed by atoms with Gasteiger partial charge in [0.25, 0.3) is 0 Å². The molecule has 0 fully saturated rings. The first-order valence-electron chi connectivity index (χ1n) is 7.16. The largest absolute Gasteiger partial charge is 0.486 e. The van der Waals surface area contributed by atoms with Crippen LogP contribution in [0, 0.1) is 0 Å². The first-order valence-corrected chi connectivity index (χ1v) is 10.2. The third-order valence-electron chi connectivity index (χ3n) is 3.48. The molecule has 0 aromatic heterocycles. The number of fused-ring (bicyclic) bond motifs is 1. The van der Waals surface area contributed by atoms with Crippen molar-refractivity contribution in [1.82, 2.24) is 0 Å². The Morgan fingerprint density at radius 3 is 2.67 bits per heavy atom. The van der Waals surface area contributed by atoms with Gasteiger partial charge in [-0.3, -0.25) is 4.31 Å². The molecule has 5 nitrogen and oxygen atoms in total. The highest BCUT2D eigenvalue weighted by molar-refractivity contribution is 9.10. The van der Waals surface area contributed by atoms with E-state index in [1.54, 1.807) is 30.3 Å². The van der Waals surface area contributed by atoms with Crippen LogP contribution in [0.5, 0.6) is 11.5 Å². The first-order chi connectivity index (χ1) is 11.3. The third kappa shape index (κ3) is 3.79. The molecule has 24 heavy (non-hydrogen) atoms. The lowest BCUT2D eigenvalue weighted by Gasteiger charge is -2.25. The summed E-state index contributed by atoms with van der Waals surface area (Å²) < 4.78 is 37.6. The summed E-state index contributed by atoms with van der Waals surface area (Å²) >= 11 is 9.60. The molecule has 8 heteroatoms. The van der Waals surface area contributed by atoms with Gasteiger partial charge < -0.3 is 9.47 Å². The zero-order valence-electron chi connectivity index (χ0n) is 12.8. The highest BCUT2D eigenvalue weighted by Gasteiger charge is 2.21. The van der Waals surface area contributed by atoms with Gasteiger partial charge in [0, 0.05) is 4.47 Å². The topological polar surface area (TPSA) is 55.8 Å². The molecular formula is C16H15BrClNO4S. The predicted octanol–water partition coefficient (Wildman–Crippen LogP) is 3.84. The Morgan fingerprint density at radius 1 is 1.21 bits per heavy atom. The zero-order chi connectivity index (χ0) is 17.3. The summed E-state index contributed by atoms with van der Waals surface area (Å²) in [6.45, 7) is 1.03. The fourth-order valence-corrected chi connectivity index (χ4v) is 4.01. The van der Waals surface area contributed by atoms with E-state index < -0.39 is 10.0 Å². The van der Waals surface area contributed by atoms with Crippen molar-refractivity contribution in [3.63, 3.8) is 0 Å². The third-order valence-corrected chi connectivity index (χ3v) is 5.39. The predicted molar refractivity (Wildman–Crippen MR) is 97.6 cm³/mol. The number of halogens is 2. The maximum atomic E-state index is 12.2. The Labute approximate surface area is 154 Å². The maximum Gasteiger partial charge on any atom is 0.232 e. The van der Waals surface area contributed by atoms with Crippen LogP contribution in [0.15, 0.2) is 40.9 Å². The molecule has 0 saturated heterocycles. The van der Waals surface area contributed by atoms with Crippen molar-refractivity contribution in [3.8, 4) is 11.5 Å². The van der Waals surface area contributed by atoms with Gasteiger partial charge in [-0.15, -0.1) is 0 Å². The average Bonchev–Trinajstić information content (AvgIpc) is 2.51. The lowest BCUT2D eigenvalue weighted by atomic mass is 10.2. The summed E-state index contributed by atoms with van der Waals surface area (Å²) in [6, 6.07) is 10.6. The number of rotatable bonds is 4. The number of hydrogen-bond donors (Lipinski definition) is 0. The second-order valence-electron chi connectivity index (χ2n) is 5.35. The Bertz CT molecular complexity index is 872. The van der Waals surface area contributed by atoms with Gasteiger partial charge in [-0.25, -0.2) is 8.42 Å². The zero-order valence-corrected chi connectivity index (χ0v) is 16.0. The molecule has 0 aliphatic carbocycles. The van der Waals surface area contributed by atoms with Crippen molar-refractivity contribution in [2.24, 2.45) is 0 Å². The summed E-state index contributed by atoms with van der Waals surface area (Å²) in [6.07, 6.45) is 1.17. The quantitative estimate of drug-likeness (QED) is 0.736. The van der Waals surface area contributed by atoms with Crippen LogP contribution in [0.2, 0.25) is 5.02 Å². The van der Waals surface area contributed by atoms with Gasteiger partial charge in [-0.05, 0) is 35.9 Å². The van der Waals surface area contributed by atoms with Gasteiger partial charge in [0.15, 0.2) is 11.5 Å². The van der Waals surface area contributed by atoms with Crippen molar-refractivity contribution < 1.29 is 17.9 Å². The summed E-state index contributed by atoms with van der Waals surface area (Å²) in [5.41, 5.74) is 1.28. The molecule has 1 aliphatic rings. The van der Waals surface area contributed by atoms with E-state index in [0.29, 0.717) is 35.4 Å². The summed E-state index contributed by atoms with van der Waals surface area (Å²) in [4.78, 5) is 0. The minimum atomic E-state index is -3.47. The van der Waals surface area contributed by atoms with Gasteiger partial charge in [0.1, 0.15) is 13.2 Å². The minimum Gasteiger partial charge on any atom is -0.486 e. The first kappa shape index (κ1) is 17.4. The van der Waals surface area contributed by atoms with Crippen molar-refractivity contribution in [1.29, 1.82) is 0 Å². The Kier molecular flexibility index (Phi) is 4.94. The number of ether oxygens (including phenoxy) is 2. The highest BCUT2D eigenvalue weighted by Crippen LogP contribution is 2.39. The fraction of sp³-hybridized carbons (Fsp3) is 0.250. The number of benzene rings is 2. The lowest BCUT2D eigenvalue weighted by Crippen LogP contribution is -2.29. The van der Waals surface area contributed by atoms with Crippen LogP contribution in [0.4, 0.5) is 5.69 Å². The second kappa shape index (κ2) is 6.82. The van der Waals surface area contributed by atoms with E-state index in [4.69, 9.17) is 21.1 Å². The average molecular weight is 433 g/mol. The van der Waals surface area contributed by atoms with E-state index in [-0.39, 0.29) is 6.54 Å². The number of anilines is 1. The van der Waals surface area contributed by atoms with Crippen molar-refractivity contribution in [2.75, 3.05) is 23.8 Å². The van der Waals surface area contributed by atoms with Crippen LogP contribution in [-0.4, -0.2) is 27.9 Å². The molecule has 0 amide bonds. The van der Waals surface area contributed by atoms with Crippen LogP contribution < -0.4 is 13.8 Å². The lowest BCUT2D eigenvalue weighted by molar-refractivity contribution is 0.171. The normalized spacial score (nSPS) is 13.6. The Hall–Kier alpha value is -1.44. The van der Waals surface area contributed by atoms with Crippen LogP contribution >= 0.6 is 27.5 Å². The Balaban J connectivity index is 1.98. The number of sulfonamides is 1. The van der Waals surface area contributed by atoms with E-state index in [2.05, 4.69) is 15.9 Å². The molecule has 2 aromatic rings. The summed E-state index contributed by atoms with van der Waals surface area (Å²) in [7, 11) is -3.47. The molecule has 2 aromatic carbocycles.